The van der Waals surface area contributed by atoms with E-state index in [1.807, 2.05) is 39.0 Å². The molecule has 2 rings (SSSR count). The highest BCUT2D eigenvalue weighted by atomic mass is 16.2. The standard InChI is InChI=1S/C17H23NO2/c1-4-6-16(19)18-10-5-7-15(18)17(20)14-9-8-12(2)13(3)11-14/h8-9,11,15H,4-7,10H2,1-3H3. The van der Waals surface area contributed by atoms with Gasteiger partial charge in [-0.05, 0) is 50.3 Å². The monoisotopic (exact) mass is 273 g/mol. The Bertz CT molecular complexity index is 522. The molecule has 1 fully saturated rings. The molecule has 0 bridgehead atoms. The van der Waals surface area contributed by atoms with Gasteiger partial charge < -0.3 is 4.90 Å². The van der Waals surface area contributed by atoms with Crippen LogP contribution in [0, 0.1) is 13.8 Å². The predicted molar refractivity (Wildman–Crippen MR) is 79.9 cm³/mol. The average Bonchev–Trinajstić information content (AvgIpc) is 2.90. The van der Waals surface area contributed by atoms with E-state index in [0.29, 0.717) is 6.42 Å². The van der Waals surface area contributed by atoms with Crippen LogP contribution in [0.2, 0.25) is 0 Å². The second-order valence-electron chi connectivity index (χ2n) is 5.66. The number of carbonyl (C=O) groups is 2. The van der Waals surface area contributed by atoms with E-state index in [2.05, 4.69) is 0 Å². The van der Waals surface area contributed by atoms with Crippen molar-refractivity contribution in [1.82, 2.24) is 4.90 Å². The summed E-state index contributed by atoms with van der Waals surface area (Å²) in [6, 6.07) is 5.55. The van der Waals surface area contributed by atoms with Crippen LogP contribution < -0.4 is 0 Å². The molecule has 3 nitrogen and oxygen atoms in total. The van der Waals surface area contributed by atoms with Gasteiger partial charge in [-0.1, -0.05) is 19.1 Å². The second-order valence-corrected chi connectivity index (χ2v) is 5.66. The third-order valence-corrected chi connectivity index (χ3v) is 4.13. The predicted octanol–water partition coefficient (Wildman–Crippen LogP) is 3.28. The number of aryl methyl sites for hydroxylation is 2. The normalized spacial score (nSPS) is 18.4. The lowest BCUT2D eigenvalue weighted by molar-refractivity contribution is -0.131. The van der Waals surface area contributed by atoms with Crippen LogP contribution in [-0.2, 0) is 4.79 Å². The lowest BCUT2D eigenvalue weighted by atomic mass is 9.98. The van der Waals surface area contributed by atoms with Crippen LogP contribution in [0.5, 0.6) is 0 Å². The molecule has 1 unspecified atom stereocenters. The number of benzene rings is 1. The summed E-state index contributed by atoms with van der Waals surface area (Å²) in [5.41, 5.74) is 3.04. The summed E-state index contributed by atoms with van der Waals surface area (Å²) in [6.07, 6.45) is 3.09. The molecular weight excluding hydrogens is 250 g/mol. The van der Waals surface area contributed by atoms with Crippen molar-refractivity contribution in [3.8, 4) is 0 Å². The number of likely N-dealkylation sites (tertiary alicyclic amines) is 1. The molecule has 0 saturated carbocycles. The largest absolute Gasteiger partial charge is 0.332 e. The van der Waals surface area contributed by atoms with Gasteiger partial charge in [0.05, 0.1) is 6.04 Å². The number of amides is 1. The minimum absolute atomic E-state index is 0.0926. The smallest absolute Gasteiger partial charge is 0.223 e. The van der Waals surface area contributed by atoms with Gasteiger partial charge in [0, 0.05) is 18.5 Å². The minimum Gasteiger partial charge on any atom is -0.332 e. The van der Waals surface area contributed by atoms with Crippen LogP contribution in [0.4, 0.5) is 0 Å². The first-order valence-electron chi connectivity index (χ1n) is 7.45. The van der Waals surface area contributed by atoms with Gasteiger partial charge in [0.1, 0.15) is 0 Å². The van der Waals surface area contributed by atoms with E-state index in [1.165, 1.54) is 5.56 Å². The SMILES string of the molecule is CCCC(=O)N1CCCC1C(=O)c1ccc(C)c(C)c1. The molecular formula is C17H23NO2. The molecule has 0 radical (unpaired) electrons. The summed E-state index contributed by atoms with van der Waals surface area (Å²) in [5.74, 6) is 0.210. The summed E-state index contributed by atoms with van der Waals surface area (Å²) in [5, 5.41) is 0. The molecule has 20 heavy (non-hydrogen) atoms. The van der Waals surface area contributed by atoms with Crippen molar-refractivity contribution in [2.24, 2.45) is 0 Å². The third-order valence-electron chi connectivity index (χ3n) is 4.13. The fourth-order valence-electron chi connectivity index (χ4n) is 2.78. The molecule has 0 aliphatic carbocycles. The molecule has 0 spiro atoms. The number of nitrogens with zero attached hydrogens (tertiary/aromatic N) is 1. The number of hydrogen-bond acceptors (Lipinski definition) is 2. The molecule has 1 aliphatic heterocycles. The summed E-state index contributed by atoms with van der Waals surface area (Å²) in [4.78, 5) is 26.5. The first kappa shape index (κ1) is 14.8. The fourth-order valence-corrected chi connectivity index (χ4v) is 2.78. The Kier molecular flexibility index (Phi) is 4.58. The summed E-state index contributed by atoms with van der Waals surface area (Å²) in [6.45, 7) is 6.77. The van der Waals surface area contributed by atoms with Gasteiger partial charge in [-0.3, -0.25) is 9.59 Å². The molecule has 1 atom stereocenters. The third kappa shape index (κ3) is 2.92. The Labute approximate surface area is 121 Å². The molecule has 0 N–H and O–H groups in total. The number of Topliss-reactive ketones (excluding diaryl/α,β-unsaturated/α-hetero) is 1. The van der Waals surface area contributed by atoms with Crippen molar-refractivity contribution < 1.29 is 9.59 Å². The van der Waals surface area contributed by atoms with Crippen LogP contribution in [-0.4, -0.2) is 29.2 Å². The first-order valence-corrected chi connectivity index (χ1v) is 7.45. The maximum atomic E-state index is 12.6. The fraction of sp³-hybridized carbons (Fsp3) is 0.529. The second kappa shape index (κ2) is 6.21. The van der Waals surface area contributed by atoms with Crippen molar-refractivity contribution in [3.63, 3.8) is 0 Å². The van der Waals surface area contributed by atoms with Crippen molar-refractivity contribution in [1.29, 1.82) is 0 Å². The van der Waals surface area contributed by atoms with E-state index in [-0.39, 0.29) is 17.7 Å². The average molecular weight is 273 g/mol. The van der Waals surface area contributed by atoms with Crippen LogP contribution in [0.15, 0.2) is 18.2 Å². The zero-order chi connectivity index (χ0) is 14.7. The number of carbonyl (C=O) groups excluding carboxylic acids is 2. The van der Waals surface area contributed by atoms with E-state index in [4.69, 9.17) is 0 Å². The summed E-state index contributed by atoms with van der Waals surface area (Å²) >= 11 is 0. The summed E-state index contributed by atoms with van der Waals surface area (Å²) in [7, 11) is 0. The van der Waals surface area contributed by atoms with Crippen molar-refractivity contribution in [2.45, 2.75) is 52.5 Å². The molecule has 1 heterocycles. The van der Waals surface area contributed by atoms with E-state index >= 15 is 0 Å². The maximum Gasteiger partial charge on any atom is 0.223 e. The van der Waals surface area contributed by atoms with Gasteiger partial charge in [-0.25, -0.2) is 0 Å². The Morgan fingerprint density at radius 2 is 2.00 bits per heavy atom. The molecule has 3 heteroatoms. The molecule has 0 aromatic heterocycles. The van der Waals surface area contributed by atoms with Gasteiger partial charge in [0.2, 0.25) is 5.91 Å². The van der Waals surface area contributed by atoms with Gasteiger partial charge in [0.15, 0.2) is 5.78 Å². The highest BCUT2D eigenvalue weighted by Crippen LogP contribution is 2.23. The first-order chi connectivity index (χ1) is 9.54. The number of rotatable bonds is 4. The van der Waals surface area contributed by atoms with Crippen molar-refractivity contribution >= 4 is 11.7 Å². The molecule has 1 saturated heterocycles. The van der Waals surface area contributed by atoms with Crippen LogP contribution in [0.1, 0.15) is 54.1 Å². The zero-order valence-electron chi connectivity index (χ0n) is 12.6. The van der Waals surface area contributed by atoms with Crippen molar-refractivity contribution in [3.05, 3.63) is 34.9 Å². The number of ketones is 1. The highest BCUT2D eigenvalue weighted by Gasteiger charge is 2.33. The zero-order valence-corrected chi connectivity index (χ0v) is 12.6. The summed E-state index contributed by atoms with van der Waals surface area (Å²) < 4.78 is 0. The van der Waals surface area contributed by atoms with E-state index in [1.54, 1.807) is 4.90 Å². The van der Waals surface area contributed by atoms with Crippen molar-refractivity contribution in [2.75, 3.05) is 6.54 Å². The minimum atomic E-state index is -0.254. The van der Waals surface area contributed by atoms with E-state index in [0.717, 1.165) is 36.9 Å². The highest BCUT2D eigenvalue weighted by molar-refractivity contribution is 6.02. The molecule has 1 amide bonds. The lowest BCUT2D eigenvalue weighted by Crippen LogP contribution is -2.40. The lowest BCUT2D eigenvalue weighted by Gasteiger charge is -2.23. The van der Waals surface area contributed by atoms with Gasteiger partial charge >= 0.3 is 0 Å². The topological polar surface area (TPSA) is 37.4 Å². The van der Waals surface area contributed by atoms with Gasteiger partial charge in [0.25, 0.3) is 0 Å². The Hall–Kier alpha value is -1.64. The number of hydrogen-bond donors (Lipinski definition) is 0. The van der Waals surface area contributed by atoms with Gasteiger partial charge in [-0.2, -0.15) is 0 Å². The maximum absolute atomic E-state index is 12.6. The Balaban J connectivity index is 2.18. The van der Waals surface area contributed by atoms with Crippen LogP contribution >= 0.6 is 0 Å². The Morgan fingerprint density at radius 1 is 1.25 bits per heavy atom. The van der Waals surface area contributed by atoms with E-state index < -0.39 is 0 Å². The quantitative estimate of drug-likeness (QED) is 0.789. The van der Waals surface area contributed by atoms with Gasteiger partial charge in [-0.15, -0.1) is 0 Å². The van der Waals surface area contributed by atoms with Crippen LogP contribution in [0.25, 0.3) is 0 Å². The Morgan fingerprint density at radius 3 is 2.65 bits per heavy atom. The molecule has 1 aliphatic rings. The molecule has 1 aromatic carbocycles. The van der Waals surface area contributed by atoms with Crippen LogP contribution in [0.3, 0.4) is 0 Å². The molecule has 108 valence electrons. The molecule has 1 aromatic rings. The van der Waals surface area contributed by atoms with E-state index in [9.17, 15) is 9.59 Å².